The summed E-state index contributed by atoms with van der Waals surface area (Å²) in [6.07, 6.45) is 7.37. The zero-order chi connectivity index (χ0) is 16.2. The van der Waals surface area contributed by atoms with E-state index >= 15 is 0 Å². The van der Waals surface area contributed by atoms with Gasteiger partial charge in [0.1, 0.15) is 0 Å². The second-order valence-corrected chi connectivity index (χ2v) is 8.13. The zero-order valence-electron chi connectivity index (χ0n) is 13.2. The Morgan fingerprint density at radius 3 is 2.32 bits per heavy atom. The SMILES string of the molecule is CN(CC1CCCCC1)C(=O)Nc1ccc(S(C)(=O)=O)cc1. The lowest BCUT2D eigenvalue weighted by molar-refractivity contribution is 0.205. The number of benzene rings is 1. The molecule has 0 saturated heterocycles. The number of rotatable bonds is 4. The number of nitrogens with zero attached hydrogens (tertiary/aromatic N) is 1. The molecule has 0 unspecified atom stereocenters. The molecule has 1 aromatic carbocycles. The predicted molar refractivity (Wildman–Crippen MR) is 87.8 cm³/mol. The quantitative estimate of drug-likeness (QED) is 0.925. The molecule has 2 amide bonds. The van der Waals surface area contributed by atoms with Gasteiger partial charge in [0.25, 0.3) is 0 Å². The molecule has 1 aliphatic rings. The van der Waals surface area contributed by atoms with Gasteiger partial charge in [0.2, 0.25) is 0 Å². The third-order valence-electron chi connectivity index (χ3n) is 4.14. The van der Waals surface area contributed by atoms with Crippen LogP contribution < -0.4 is 5.32 Å². The molecule has 5 nitrogen and oxygen atoms in total. The summed E-state index contributed by atoms with van der Waals surface area (Å²) in [6, 6.07) is 6.08. The summed E-state index contributed by atoms with van der Waals surface area (Å²) in [4.78, 5) is 14.1. The Labute approximate surface area is 132 Å². The molecule has 0 atom stereocenters. The maximum atomic E-state index is 12.2. The van der Waals surface area contributed by atoms with E-state index in [1.54, 1.807) is 24.1 Å². The van der Waals surface area contributed by atoms with Gasteiger partial charge in [-0.25, -0.2) is 13.2 Å². The van der Waals surface area contributed by atoms with Crippen LogP contribution in [0.2, 0.25) is 0 Å². The van der Waals surface area contributed by atoms with Crippen molar-refractivity contribution >= 4 is 21.6 Å². The molecule has 1 fully saturated rings. The zero-order valence-corrected chi connectivity index (χ0v) is 14.0. The summed E-state index contributed by atoms with van der Waals surface area (Å²) >= 11 is 0. The van der Waals surface area contributed by atoms with Crippen LogP contribution in [-0.2, 0) is 9.84 Å². The molecular weight excluding hydrogens is 300 g/mol. The van der Waals surface area contributed by atoms with Crippen LogP contribution in [0.4, 0.5) is 10.5 Å². The van der Waals surface area contributed by atoms with Gasteiger partial charge in [-0.3, -0.25) is 0 Å². The first-order valence-electron chi connectivity index (χ1n) is 7.68. The number of nitrogens with one attached hydrogen (secondary N) is 1. The molecular formula is C16H24N2O3S. The molecule has 0 aliphatic heterocycles. The first-order chi connectivity index (χ1) is 10.4. The second-order valence-electron chi connectivity index (χ2n) is 6.11. The average Bonchev–Trinajstić information content (AvgIpc) is 2.48. The molecule has 1 aliphatic carbocycles. The molecule has 0 bridgehead atoms. The number of hydrogen-bond acceptors (Lipinski definition) is 3. The summed E-state index contributed by atoms with van der Waals surface area (Å²) in [5.41, 5.74) is 0.605. The predicted octanol–water partition coefficient (Wildman–Crippen LogP) is 3.13. The van der Waals surface area contributed by atoms with Crippen molar-refractivity contribution in [2.75, 3.05) is 25.2 Å². The average molecular weight is 324 g/mol. The molecule has 0 aromatic heterocycles. The number of sulfone groups is 1. The number of carbonyl (C=O) groups excluding carboxylic acids is 1. The number of anilines is 1. The lowest BCUT2D eigenvalue weighted by Gasteiger charge is -2.27. The monoisotopic (exact) mass is 324 g/mol. The number of carbonyl (C=O) groups is 1. The van der Waals surface area contributed by atoms with Crippen LogP contribution in [0.15, 0.2) is 29.2 Å². The summed E-state index contributed by atoms with van der Waals surface area (Å²) in [6.45, 7) is 0.771. The highest BCUT2D eigenvalue weighted by Gasteiger charge is 2.18. The molecule has 2 rings (SSSR count). The summed E-state index contributed by atoms with van der Waals surface area (Å²) in [7, 11) is -1.41. The minimum absolute atomic E-state index is 0.155. The fourth-order valence-corrected chi connectivity index (χ4v) is 3.47. The van der Waals surface area contributed by atoms with Crippen LogP contribution in [0.25, 0.3) is 0 Å². The standard InChI is InChI=1S/C16H24N2O3S/c1-18(12-13-6-4-3-5-7-13)16(19)17-14-8-10-15(11-9-14)22(2,20)21/h8-11,13H,3-7,12H2,1-2H3,(H,17,19). The van der Waals surface area contributed by atoms with Gasteiger partial charge in [0.05, 0.1) is 4.90 Å². The molecule has 122 valence electrons. The van der Waals surface area contributed by atoms with E-state index in [9.17, 15) is 13.2 Å². The van der Waals surface area contributed by atoms with Crippen LogP contribution in [0.5, 0.6) is 0 Å². The first-order valence-corrected chi connectivity index (χ1v) is 9.57. The summed E-state index contributed by atoms with van der Waals surface area (Å²) < 4.78 is 22.8. The van der Waals surface area contributed by atoms with Gasteiger partial charge in [-0.15, -0.1) is 0 Å². The van der Waals surface area contributed by atoms with Gasteiger partial charge in [0.15, 0.2) is 9.84 Å². The van der Waals surface area contributed by atoms with Gasteiger partial charge in [-0.05, 0) is 43.0 Å². The minimum Gasteiger partial charge on any atom is -0.327 e. The number of hydrogen-bond donors (Lipinski definition) is 1. The topological polar surface area (TPSA) is 66.5 Å². The third-order valence-corrected chi connectivity index (χ3v) is 5.27. The summed E-state index contributed by atoms with van der Waals surface area (Å²) in [5, 5.41) is 2.80. The van der Waals surface area contributed by atoms with Crippen molar-refractivity contribution in [3.63, 3.8) is 0 Å². The highest BCUT2D eigenvalue weighted by molar-refractivity contribution is 7.90. The summed E-state index contributed by atoms with van der Waals surface area (Å²) in [5.74, 6) is 0.595. The highest BCUT2D eigenvalue weighted by Crippen LogP contribution is 2.24. The largest absolute Gasteiger partial charge is 0.327 e. The van der Waals surface area contributed by atoms with E-state index in [2.05, 4.69) is 5.32 Å². The van der Waals surface area contributed by atoms with Gasteiger partial charge >= 0.3 is 6.03 Å². The van der Waals surface area contributed by atoms with Crippen LogP contribution in [-0.4, -0.2) is 39.2 Å². The molecule has 0 radical (unpaired) electrons. The Morgan fingerprint density at radius 2 is 1.77 bits per heavy atom. The molecule has 1 N–H and O–H groups in total. The smallest absolute Gasteiger partial charge is 0.321 e. The van der Waals surface area contributed by atoms with Gasteiger partial charge in [-0.1, -0.05) is 19.3 Å². The highest BCUT2D eigenvalue weighted by atomic mass is 32.2. The van der Waals surface area contributed by atoms with Crippen LogP contribution in [0, 0.1) is 5.92 Å². The van der Waals surface area contributed by atoms with Gasteiger partial charge < -0.3 is 10.2 Å². The van der Waals surface area contributed by atoms with E-state index < -0.39 is 9.84 Å². The molecule has 0 heterocycles. The Bertz CT molecular complexity index is 605. The minimum atomic E-state index is -3.21. The van der Waals surface area contributed by atoms with E-state index in [1.807, 2.05) is 0 Å². The van der Waals surface area contributed by atoms with Crippen LogP contribution >= 0.6 is 0 Å². The fourth-order valence-electron chi connectivity index (χ4n) is 2.84. The maximum Gasteiger partial charge on any atom is 0.321 e. The van der Waals surface area contributed by atoms with Gasteiger partial charge in [0, 0.05) is 25.5 Å². The molecule has 22 heavy (non-hydrogen) atoms. The lowest BCUT2D eigenvalue weighted by atomic mass is 9.89. The van der Waals surface area contributed by atoms with Crippen molar-refractivity contribution in [3.05, 3.63) is 24.3 Å². The van der Waals surface area contributed by atoms with Crippen molar-refractivity contribution in [2.24, 2.45) is 5.92 Å². The normalized spacial score (nSPS) is 16.3. The molecule has 1 aromatic rings. The Balaban J connectivity index is 1.90. The molecule has 1 saturated carbocycles. The Morgan fingerprint density at radius 1 is 1.18 bits per heavy atom. The first kappa shape index (κ1) is 16.8. The van der Waals surface area contributed by atoms with Crippen LogP contribution in [0.3, 0.4) is 0 Å². The fraction of sp³-hybridized carbons (Fsp3) is 0.562. The van der Waals surface area contributed by atoms with Crippen molar-refractivity contribution in [2.45, 2.75) is 37.0 Å². The van der Waals surface area contributed by atoms with E-state index in [-0.39, 0.29) is 10.9 Å². The van der Waals surface area contributed by atoms with Crippen molar-refractivity contribution < 1.29 is 13.2 Å². The number of amides is 2. The van der Waals surface area contributed by atoms with Crippen molar-refractivity contribution in [1.29, 1.82) is 0 Å². The van der Waals surface area contributed by atoms with E-state index in [1.165, 1.54) is 50.5 Å². The molecule has 6 heteroatoms. The second kappa shape index (κ2) is 7.13. The van der Waals surface area contributed by atoms with Crippen molar-refractivity contribution in [1.82, 2.24) is 4.90 Å². The van der Waals surface area contributed by atoms with Crippen molar-refractivity contribution in [3.8, 4) is 0 Å². The molecule has 0 spiro atoms. The lowest BCUT2D eigenvalue weighted by Crippen LogP contribution is -2.35. The number of urea groups is 1. The maximum absolute atomic E-state index is 12.2. The van der Waals surface area contributed by atoms with Gasteiger partial charge in [-0.2, -0.15) is 0 Å². The third kappa shape index (κ3) is 4.73. The Hall–Kier alpha value is -1.56. The van der Waals surface area contributed by atoms with E-state index in [0.717, 1.165) is 6.54 Å². The Kier molecular flexibility index (Phi) is 5.45. The van der Waals surface area contributed by atoms with E-state index in [0.29, 0.717) is 11.6 Å². The van der Waals surface area contributed by atoms with Crippen LogP contribution in [0.1, 0.15) is 32.1 Å². The van der Waals surface area contributed by atoms with E-state index in [4.69, 9.17) is 0 Å².